The van der Waals surface area contributed by atoms with Gasteiger partial charge in [0.25, 0.3) is 0 Å². The Morgan fingerprint density at radius 3 is 2.93 bits per heavy atom. The van der Waals surface area contributed by atoms with Crippen LogP contribution in [-0.4, -0.2) is 17.6 Å². The minimum Gasteiger partial charge on any atom is -0.368 e. The molecule has 0 saturated carbocycles. The first-order chi connectivity index (χ1) is 7.20. The van der Waals surface area contributed by atoms with Gasteiger partial charge in [0.15, 0.2) is 0 Å². The van der Waals surface area contributed by atoms with Gasteiger partial charge in [-0.3, -0.25) is 0 Å². The highest BCUT2D eigenvalue weighted by molar-refractivity contribution is 9.13. The van der Waals surface area contributed by atoms with Crippen molar-refractivity contribution >= 4 is 37.5 Å². The van der Waals surface area contributed by atoms with Crippen molar-refractivity contribution < 1.29 is 0 Å². The molecule has 2 heterocycles. The predicted molar refractivity (Wildman–Crippen MR) is 70.3 cm³/mol. The molecule has 0 bridgehead atoms. The van der Waals surface area contributed by atoms with E-state index in [1.165, 1.54) is 24.9 Å². The molecule has 2 nitrogen and oxygen atoms in total. The van der Waals surface area contributed by atoms with Gasteiger partial charge in [0, 0.05) is 18.8 Å². The number of hydrogen-bond acceptors (Lipinski definition) is 2. The van der Waals surface area contributed by atoms with E-state index < -0.39 is 0 Å². The third kappa shape index (κ3) is 2.36. The van der Waals surface area contributed by atoms with Gasteiger partial charge in [-0.25, -0.2) is 4.98 Å². The predicted octanol–water partition coefficient (Wildman–Crippen LogP) is 3.99. The first-order valence-electron chi connectivity index (χ1n) is 5.27. The van der Waals surface area contributed by atoms with Gasteiger partial charge < -0.3 is 4.90 Å². The number of hydrogen-bond donors (Lipinski definition) is 0. The van der Waals surface area contributed by atoms with Crippen LogP contribution in [-0.2, 0) is 0 Å². The van der Waals surface area contributed by atoms with Gasteiger partial charge in [-0.05, 0) is 64.1 Å². The standard InChI is InChI=1S/C11H14Br2N2/c1-8-4-2-3-7-15(8)9-5-6-14-11(13)10(9)12/h5-6,8H,2-4,7H2,1H3. The van der Waals surface area contributed by atoms with Crippen molar-refractivity contribution in [2.24, 2.45) is 0 Å². The summed E-state index contributed by atoms with van der Waals surface area (Å²) in [7, 11) is 0. The second-order valence-electron chi connectivity index (χ2n) is 3.97. The molecule has 0 radical (unpaired) electrons. The van der Waals surface area contributed by atoms with Crippen LogP contribution in [0.3, 0.4) is 0 Å². The van der Waals surface area contributed by atoms with Gasteiger partial charge in [0.2, 0.25) is 0 Å². The van der Waals surface area contributed by atoms with Crippen molar-refractivity contribution in [1.82, 2.24) is 4.98 Å². The first-order valence-corrected chi connectivity index (χ1v) is 6.85. The Labute approximate surface area is 107 Å². The molecular weight excluding hydrogens is 320 g/mol. The van der Waals surface area contributed by atoms with Crippen molar-refractivity contribution in [1.29, 1.82) is 0 Å². The Kier molecular flexibility index (Phi) is 3.67. The molecule has 0 amide bonds. The van der Waals surface area contributed by atoms with E-state index in [9.17, 15) is 0 Å². The molecule has 1 saturated heterocycles. The van der Waals surface area contributed by atoms with Crippen molar-refractivity contribution in [3.63, 3.8) is 0 Å². The monoisotopic (exact) mass is 332 g/mol. The summed E-state index contributed by atoms with van der Waals surface area (Å²) in [4.78, 5) is 6.66. The van der Waals surface area contributed by atoms with Crippen molar-refractivity contribution in [2.45, 2.75) is 32.2 Å². The number of rotatable bonds is 1. The molecular formula is C11H14Br2N2. The summed E-state index contributed by atoms with van der Waals surface area (Å²) in [6.45, 7) is 3.44. The zero-order valence-electron chi connectivity index (χ0n) is 8.71. The topological polar surface area (TPSA) is 16.1 Å². The molecule has 15 heavy (non-hydrogen) atoms. The summed E-state index contributed by atoms with van der Waals surface area (Å²) in [5.74, 6) is 0. The van der Waals surface area contributed by atoms with Gasteiger partial charge >= 0.3 is 0 Å². The maximum Gasteiger partial charge on any atom is 0.122 e. The van der Waals surface area contributed by atoms with E-state index in [0.717, 1.165) is 15.6 Å². The van der Waals surface area contributed by atoms with Crippen LogP contribution in [0, 0.1) is 0 Å². The molecule has 4 heteroatoms. The van der Waals surface area contributed by atoms with Crippen molar-refractivity contribution in [3.8, 4) is 0 Å². The molecule has 1 aliphatic heterocycles. The van der Waals surface area contributed by atoms with E-state index in [1.807, 2.05) is 6.20 Å². The molecule has 1 atom stereocenters. The molecule has 0 aromatic carbocycles. The highest BCUT2D eigenvalue weighted by atomic mass is 79.9. The third-order valence-corrected chi connectivity index (χ3v) is 4.85. The Morgan fingerprint density at radius 2 is 2.20 bits per heavy atom. The molecule has 0 aliphatic carbocycles. The fourth-order valence-corrected chi connectivity index (χ4v) is 2.87. The maximum atomic E-state index is 4.20. The zero-order valence-corrected chi connectivity index (χ0v) is 11.9. The average molecular weight is 334 g/mol. The van der Waals surface area contributed by atoms with E-state index >= 15 is 0 Å². The Morgan fingerprint density at radius 1 is 1.40 bits per heavy atom. The van der Waals surface area contributed by atoms with Gasteiger partial charge in [-0.2, -0.15) is 0 Å². The third-order valence-electron chi connectivity index (χ3n) is 2.94. The van der Waals surface area contributed by atoms with Crippen LogP contribution in [0.15, 0.2) is 21.3 Å². The van der Waals surface area contributed by atoms with E-state index in [0.29, 0.717) is 6.04 Å². The number of halogens is 2. The molecule has 1 unspecified atom stereocenters. The number of anilines is 1. The van der Waals surface area contributed by atoms with Crippen LogP contribution < -0.4 is 4.90 Å². The van der Waals surface area contributed by atoms with Gasteiger partial charge in [-0.1, -0.05) is 0 Å². The van der Waals surface area contributed by atoms with E-state index in [2.05, 4.69) is 54.7 Å². The smallest absolute Gasteiger partial charge is 0.122 e. The summed E-state index contributed by atoms with van der Waals surface area (Å²) < 4.78 is 1.96. The second-order valence-corrected chi connectivity index (χ2v) is 5.52. The molecule has 82 valence electrons. The SMILES string of the molecule is CC1CCCCN1c1ccnc(Br)c1Br. The quantitative estimate of drug-likeness (QED) is 0.722. The number of piperidine rings is 1. The lowest BCUT2D eigenvalue weighted by molar-refractivity contribution is 0.484. The molecule has 0 spiro atoms. The number of aromatic nitrogens is 1. The van der Waals surface area contributed by atoms with Gasteiger partial charge in [0.1, 0.15) is 4.60 Å². The van der Waals surface area contributed by atoms with Crippen LogP contribution in [0.25, 0.3) is 0 Å². The highest BCUT2D eigenvalue weighted by Crippen LogP contribution is 2.34. The highest BCUT2D eigenvalue weighted by Gasteiger charge is 2.21. The number of nitrogens with zero attached hydrogens (tertiary/aromatic N) is 2. The van der Waals surface area contributed by atoms with Crippen LogP contribution in [0.1, 0.15) is 26.2 Å². The lowest BCUT2D eigenvalue weighted by Gasteiger charge is -2.36. The number of pyridine rings is 1. The van der Waals surface area contributed by atoms with Crippen LogP contribution in [0.2, 0.25) is 0 Å². The van der Waals surface area contributed by atoms with Gasteiger partial charge in [-0.15, -0.1) is 0 Å². The largest absolute Gasteiger partial charge is 0.368 e. The van der Waals surface area contributed by atoms with Crippen LogP contribution in [0.4, 0.5) is 5.69 Å². The van der Waals surface area contributed by atoms with Crippen LogP contribution in [0.5, 0.6) is 0 Å². The molecule has 1 aromatic heterocycles. The van der Waals surface area contributed by atoms with Gasteiger partial charge in [0.05, 0.1) is 10.2 Å². The summed E-state index contributed by atoms with van der Waals surface area (Å²) in [5.41, 5.74) is 1.25. The lowest BCUT2D eigenvalue weighted by atomic mass is 10.0. The molecule has 1 fully saturated rings. The fourth-order valence-electron chi connectivity index (χ4n) is 2.09. The Hall–Kier alpha value is -0.0900. The molecule has 1 aromatic rings. The summed E-state index contributed by atoms with van der Waals surface area (Å²) >= 11 is 7.04. The van der Waals surface area contributed by atoms with Crippen LogP contribution >= 0.6 is 31.9 Å². The van der Waals surface area contributed by atoms with E-state index in [4.69, 9.17) is 0 Å². The Balaban J connectivity index is 2.31. The minimum absolute atomic E-state index is 0.629. The summed E-state index contributed by atoms with van der Waals surface area (Å²) in [6.07, 6.45) is 5.77. The van der Waals surface area contributed by atoms with Crippen molar-refractivity contribution in [3.05, 3.63) is 21.3 Å². The summed E-state index contributed by atoms with van der Waals surface area (Å²) in [5, 5.41) is 0. The maximum absolute atomic E-state index is 4.20. The second kappa shape index (κ2) is 4.83. The fraction of sp³-hybridized carbons (Fsp3) is 0.545. The Bertz CT molecular complexity index is 354. The van der Waals surface area contributed by atoms with Crippen molar-refractivity contribution in [2.75, 3.05) is 11.4 Å². The average Bonchev–Trinajstić information content (AvgIpc) is 2.23. The minimum atomic E-state index is 0.629. The normalized spacial score (nSPS) is 21.8. The zero-order chi connectivity index (χ0) is 10.8. The summed E-state index contributed by atoms with van der Waals surface area (Å²) in [6, 6.07) is 2.71. The van der Waals surface area contributed by atoms with E-state index in [1.54, 1.807) is 0 Å². The molecule has 0 N–H and O–H groups in total. The molecule has 1 aliphatic rings. The molecule has 2 rings (SSSR count). The van der Waals surface area contributed by atoms with E-state index in [-0.39, 0.29) is 0 Å². The first kappa shape index (κ1) is 11.4. The lowest BCUT2D eigenvalue weighted by Crippen LogP contribution is -2.37.